The second-order valence-corrected chi connectivity index (χ2v) is 6.16. The number of carbonyl (C=O) groups is 1. The smallest absolute Gasteiger partial charge is 0.158 e. The lowest BCUT2D eigenvalue weighted by molar-refractivity contribution is -0.113. The number of Topliss-reactive ketones (excluding diaryl/α,β-unsaturated/α-hetero) is 1. The van der Waals surface area contributed by atoms with Crippen LogP contribution in [0.15, 0.2) is 35.8 Å². The first-order valence-electron chi connectivity index (χ1n) is 6.75. The first kappa shape index (κ1) is 14.3. The highest BCUT2D eigenvalue weighted by Gasteiger charge is 2.34. The van der Waals surface area contributed by atoms with Crippen molar-refractivity contribution in [2.24, 2.45) is 0 Å². The van der Waals surface area contributed by atoms with Crippen LogP contribution in [-0.2, 0) is 4.79 Å². The molecule has 0 saturated carbocycles. The van der Waals surface area contributed by atoms with E-state index in [1.165, 1.54) is 11.3 Å². The number of nitrogens with two attached hydrogens (primary N) is 1. The Morgan fingerprint density at radius 3 is 2.91 bits per heavy atom. The van der Waals surface area contributed by atoms with E-state index in [0.29, 0.717) is 16.1 Å². The minimum Gasteiger partial charge on any atom is -0.397 e. The van der Waals surface area contributed by atoms with Gasteiger partial charge in [0.2, 0.25) is 0 Å². The highest BCUT2D eigenvalue weighted by molar-refractivity contribution is 7.17. The molecule has 1 aliphatic heterocycles. The standard InChI is InChI=1S/C16H14N4OS/c1-8-12(9(2)21)13(10-4-3-5-19-7-10)14-15(18)11(6-17)22-16(14)20-8/h3-5,7,13,20H,18H2,1-2H3. The fourth-order valence-corrected chi connectivity index (χ4v) is 3.88. The third-order valence-electron chi connectivity index (χ3n) is 3.76. The van der Waals surface area contributed by atoms with Crippen LogP contribution < -0.4 is 11.1 Å². The zero-order chi connectivity index (χ0) is 15.9. The molecule has 3 N–H and O–H groups in total. The maximum Gasteiger partial charge on any atom is 0.158 e. The predicted octanol–water partition coefficient (Wildman–Crippen LogP) is 3.02. The van der Waals surface area contributed by atoms with Crippen LogP contribution in [0.5, 0.6) is 0 Å². The molecule has 3 heterocycles. The van der Waals surface area contributed by atoms with Crippen molar-refractivity contribution < 1.29 is 4.79 Å². The highest BCUT2D eigenvalue weighted by atomic mass is 32.1. The third kappa shape index (κ3) is 2.07. The minimum atomic E-state index is -0.291. The van der Waals surface area contributed by atoms with Gasteiger partial charge < -0.3 is 11.1 Å². The molecule has 22 heavy (non-hydrogen) atoms. The van der Waals surface area contributed by atoms with Gasteiger partial charge in [-0.15, -0.1) is 11.3 Å². The van der Waals surface area contributed by atoms with Gasteiger partial charge >= 0.3 is 0 Å². The maximum atomic E-state index is 12.2. The Balaban J connectivity index is 2.30. The summed E-state index contributed by atoms with van der Waals surface area (Å²) in [6, 6.07) is 5.87. The van der Waals surface area contributed by atoms with Gasteiger partial charge in [0.1, 0.15) is 15.9 Å². The van der Waals surface area contributed by atoms with Gasteiger partial charge in [-0.25, -0.2) is 0 Å². The molecule has 0 fully saturated rings. The van der Waals surface area contributed by atoms with Crippen LogP contribution in [0.25, 0.3) is 0 Å². The fourth-order valence-electron chi connectivity index (χ4n) is 2.86. The molecule has 0 saturated heterocycles. The number of aromatic nitrogens is 1. The number of nitrogen functional groups attached to an aromatic ring is 1. The lowest BCUT2D eigenvalue weighted by atomic mass is 9.81. The molecular formula is C16H14N4OS. The first-order valence-corrected chi connectivity index (χ1v) is 7.57. The molecule has 0 aliphatic carbocycles. The molecule has 5 nitrogen and oxygen atoms in total. The van der Waals surface area contributed by atoms with Gasteiger partial charge in [0.05, 0.1) is 5.69 Å². The van der Waals surface area contributed by atoms with Crippen molar-refractivity contribution in [2.75, 3.05) is 11.1 Å². The summed E-state index contributed by atoms with van der Waals surface area (Å²) in [5.41, 5.74) is 9.75. The Morgan fingerprint density at radius 2 is 2.32 bits per heavy atom. The van der Waals surface area contributed by atoms with E-state index in [1.807, 2.05) is 19.1 Å². The van der Waals surface area contributed by atoms with Crippen molar-refractivity contribution in [1.29, 1.82) is 5.26 Å². The molecular weight excluding hydrogens is 296 g/mol. The van der Waals surface area contributed by atoms with E-state index < -0.39 is 0 Å². The Labute approximate surface area is 132 Å². The fraction of sp³-hybridized carbons (Fsp3) is 0.188. The van der Waals surface area contributed by atoms with Gasteiger partial charge in [-0.3, -0.25) is 9.78 Å². The monoisotopic (exact) mass is 310 g/mol. The summed E-state index contributed by atoms with van der Waals surface area (Å²) in [6.45, 7) is 3.41. The van der Waals surface area contributed by atoms with E-state index in [9.17, 15) is 10.1 Å². The van der Waals surface area contributed by atoms with Gasteiger partial charge in [-0.1, -0.05) is 6.07 Å². The van der Waals surface area contributed by atoms with Crippen LogP contribution in [0.3, 0.4) is 0 Å². The number of nitrogens with one attached hydrogen (secondary N) is 1. The molecule has 0 spiro atoms. The summed E-state index contributed by atoms with van der Waals surface area (Å²) in [5.74, 6) is -0.311. The number of nitrogens with zero attached hydrogens (tertiary/aromatic N) is 2. The maximum absolute atomic E-state index is 12.2. The zero-order valence-corrected chi connectivity index (χ0v) is 13.0. The van der Waals surface area contributed by atoms with Crippen molar-refractivity contribution in [1.82, 2.24) is 4.98 Å². The van der Waals surface area contributed by atoms with E-state index in [1.54, 1.807) is 19.3 Å². The highest BCUT2D eigenvalue weighted by Crippen LogP contribution is 2.49. The lowest BCUT2D eigenvalue weighted by Gasteiger charge is -2.28. The molecule has 0 amide bonds. The normalized spacial score (nSPS) is 16.7. The topological polar surface area (TPSA) is 91.8 Å². The summed E-state index contributed by atoms with van der Waals surface area (Å²) in [4.78, 5) is 16.8. The Hall–Kier alpha value is -2.65. The number of allylic oxidation sites excluding steroid dienone is 2. The molecule has 2 aromatic rings. The first-order chi connectivity index (χ1) is 10.5. The second-order valence-electron chi connectivity index (χ2n) is 5.14. The zero-order valence-electron chi connectivity index (χ0n) is 12.2. The number of rotatable bonds is 2. The van der Waals surface area contributed by atoms with E-state index >= 15 is 0 Å². The number of anilines is 2. The van der Waals surface area contributed by atoms with Gasteiger partial charge in [-0.05, 0) is 25.5 Å². The van der Waals surface area contributed by atoms with E-state index in [0.717, 1.165) is 21.8 Å². The van der Waals surface area contributed by atoms with Crippen LogP contribution in [-0.4, -0.2) is 10.8 Å². The predicted molar refractivity (Wildman–Crippen MR) is 86.5 cm³/mol. The largest absolute Gasteiger partial charge is 0.397 e. The Bertz CT molecular complexity index is 830. The van der Waals surface area contributed by atoms with Gasteiger partial charge in [0.15, 0.2) is 5.78 Å². The van der Waals surface area contributed by atoms with Crippen molar-refractivity contribution in [3.8, 4) is 6.07 Å². The number of hydrogen-bond donors (Lipinski definition) is 2. The molecule has 0 radical (unpaired) electrons. The summed E-state index contributed by atoms with van der Waals surface area (Å²) in [5, 5.41) is 13.3. The molecule has 3 rings (SSSR count). The molecule has 1 aliphatic rings. The molecule has 0 bridgehead atoms. The summed E-state index contributed by atoms with van der Waals surface area (Å²) in [7, 11) is 0. The third-order valence-corrected chi connectivity index (χ3v) is 4.81. The number of nitriles is 1. The van der Waals surface area contributed by atoms with Crippen molar-refractivity contribution >= 4 is 27.8 Å². The average Bonchev–Trinajstić information content (AvgIpc) is 2.82. The SMILES string of the molecule is CC(=O)C1=C(C)Nc2sc(C#N)c(N)c2C1c1cccnc1. The van der Waals surface area contributed by atoms with Crippen LogP contribution in [0, 0.1) is 11.3 Å². The molecule has 6 heteroatoms. The van der Waals surface area contributed by atoms with Gasteiger partial charge in [0, 0.05) is 35.1 Å². The number of carbonyl (C=O) groups excluding carboxylic acids is 1. The number of thiophene rings is 1. The van der Waals surface area contributed by atoms with Crippen LogP contribution in [0.4, 0.5) is 10.7 Å². The number of fused-ring (bicyclic) bond motifs is 1. The van der Waals surface area contributed by atoms with Crippen molar-refractivity contribution in [3.05, 3.63) is 51.8 Å². The van der Waals surface area contributed by atoms with Crippen molar-refractivity contribution in [3.63, 3.8) is 0 Å². The molecule has 0 aromatic carbocycles. The number of pyridine rings is 1. The number of ketones is 1. The van der Waals surface area contributed by atoms with Crippen molar-refractivity contribution in [2.45, 2.75) is 19.8 Å². The molecule has 2 aromatic heterocycles. The van der Waals surface area contributed by atoms with E-state index in [2.05, 4.69) is 16.4 Å². The summed E-state index contributed by atoms with van der Waals surface area (Å²) in [6.07, 6.45) is 3.42. The Kier molecular flexibility index (Phi) is 3.43. The van der Waals surface area contributed by atoms with Crippen LogP contribution in [0.1, 0.15) is 35.8 Å². The lowest BCUT2D eigenvalue weighted by Crippen LogP contribution is -2.21. The van der Waals surface area contributed by atoms with Crippen LogP contribution >= 0.6 is 11.3 Å². The molecule has 1 atom stereocenters. The quantitative estimate of drug-likeness (QED) is 0.889. The summed E-state index contributed by atoms with van der Waals surface area (Å²) < 4.78 is 0. The van der Waals surface area contributed by atoms with Gasteiger partial charge in [0.25, 0.3) is 0 Å². The second kappa shape index (κ2) is 5.28. The minimum absolute atomic E-state index is 0.0198. The summed E-state index contributed by atoms with van der Waals surface area (Å²) >= 11 is 1.31. The van der Waals surface area contributed by atoms with E-state index in [4.69, 9.17) is 5.73 Å². The molecule has 1 unspecified atom stereocenters. The van der Waals surface area contributed by atoms with E-state index in [-0.39, 0.29) is 11.7 Å². The van der Waals surface area contributed by atoms with Crippen LogP contribution in [0.2, 0.25) is 0 Å². The Morgan fingerprint density at radius 1 is 1.55 bits per heavy atom. The van der Waals surface area contributed by atoms with Gasteiger partial charge in [-0.2, -0.15) is 5.26 Å². The number of hydrogen-bond acceptors (Lipinski definition) is 6. The average molecular weight is 310 g/mol. The molecule has 110 valence electrons.